The zero-order valence-corrected chi connectivity index (χ0v) is 8.11. The van der Waals surface area contributed by atoms with Crippen LogP contribution in [0.1, 0.15) is 0 Å². The number of azo groups is 1. The molecule has 2 rings (SSSR count). The lowest BCUT2D eigenvalue weighted by atomic mass is 10.2. The average Bonchev–Trinajstić information content (AvgIpc) is 2.50. The lowest BCUT2D eigenvalue weighted by Gasteiger charge is -1.89. The summed E-state index contributed by atoms with van der Waals surface area (Å²) >= 11 is 0. The van der Waals surface area contributed by atoms with Crippen molar-refractivity contribution in [2.45, 2.75) is 0 Å². The Bertz CT molecular complexity index is 589. The number of fused-ring (bicyclic) bond motifs is 1. The van der Waals surface area contributed by atoms with Gasteiger partial charge in [-0.1, -0.05) is 5.11 Å². The highest BCUT2D eigenvalue weighted by atomic mass is 19.1. The Morgan fingerprint density at radius 3 is 2.94 bits per heavy atom. The number of nitrogens with zero attached hydrogens (tertiary/aromatic N) is 2. The van der Waals surface area contributed by atoms with E-state index < -0.39 is 5.82 Å². The van der Waals surface area contributed by atoms with Crippen LogP contribution in [-0.4, -0.2) is 16.1 Å². The molecule has 0 unspecified atom stereocenters. The van der Waals surface area contributed by atoms with Gasteiger partial charge >= 0.3 is 5.96 Å². The SMILES string of the molecule is NC(=[NH2+])N=Nc1c(O)[nH]c2cc(F)ccc12. The molecule has 6 N–H and O–H groups in total. The van der Waals surface area contributed by atoms with Gasteiger partial charge < -0.3 is 10.1 Å². The Morgan fingerprint density at radius 1 is 1.50 bits per heavy atom. The van der Waals surface area contributed by atoms with Gasteiger partial charge in [0.1, 0.15) is 5.82 Å². The lowest BCUT2D eigenvalue weighted by molar-refractivity contribution is -0.117. The molecule has 7 heteroatoms. The average molecular weight is 222 g/mol. The topological polar surface area (TPSA) is 112 Å². The molecule has 0 bridgehead atoms. The van der Waals surface area contributed by atoms with Gasteiger partial charge in [0.15, 0.2) is 5.69 Å². The van der Waals surface area contributed by atoms with E-state index in [0.717, 1.165) is 0 Å². The zero-order valence-electron chi connectivity index (χ0n) is 8.11. The van der Waals surface area contributed by atoms with Crippen molar-refractivity contribution >= 4 is 22.5 Å². The second-order valence-electron chi connectivity index (χ2n) is 3.14. The minimum atomic E-state index is -0.415. The predicted molar refractivity (Wildman–Crippen MR) is 55.6 cm³/mol. The van der Waals surface area contributed by atoms with E-state index in [4.69, 9.17) is 11.1 Å². The smallest absolute Gasteiger partial charge is 0.403 e. The number of hydrogen-bond acceptors (Lipinski definition) is 2. The number of rotatable bonds is 1. The first-order valence-corrected chi connectivity index (χ1v) is 4.38. The Morgan fingerprint density at radius 2 is 2.25 bits per heavy atom. The molecule has 2 aromatic rings. The van der Waals surface area contributed by atoms with Crippen LogP contribution in [-0.2, 0) is 0 Å². The highest BCUT2D eigenvalue weighted by Gasteiger charge is 2.12. The first-order valence-electron chi connectivity index (χ1n) is 4.38. The van der Waals surface area contributed by atoms with Crippen LogP contribution >= 0.6 is 0 Å². The van der Waals surface area contributed by atoms with Crippen molar-refractivity contribution in [1.82, 2.24) is 4.98 Å². The molecular weight excluding hydrogens is 213 g/mol. The summed E-state index contributed by atoms with van der Waals surface area (Å²) in [5.41, 5.74) is 5.70. The fourth-order valence-electron chi connectivity index (χ4n) is 1.35. The number of aromatic amines is 1. The van der Waals surface area contributed by atoms with Gasteiger partial charge in [-0.3, -0.25) is 11.1 Å². The summed E-state index contributed by atoms with van der Waals surface area (Å²) in [5, 5.41) is 22.2. The Balaban J connectivity index is 2.60. The summed E-state index contributed by atoms with van der Waals surface area (Å²) in [7, 11) is 0. The zero-order chi connectivity index (χ0) is 11.7. The predicted octanol–water partition coefficient (Wildman–Crippen LogP) is 0.170. The summed E-state index contributed by atoms with van der Waals surface area (Å²) in [6, 6.07) is 3.97. The fraction of sp³-hybridized carbons (Fsp3) is 0. The summed E-state index contributed by atoms with van der Waals surface area (Å²) in [6.45, 7) is 0. The minimum absolute atomic E-state index is 0.170. The Labute approximate surface area is 89.1 Å². The monoisotopic (exact) mass is 222 g/mol. The van der Waals surface area contributed by atoms with E-state index in [0.29, 0.717) is 10.9 Å². The van der Waals surface area contributed by atoms with Crippen LogP contribution in [0.15, 0.2) is 28.4 Å². The molecule has 0 aliphatic heterocycles. The lowest BCUT2D eigenvalue weighted by Crippen LogP contribution is -2.43. The molecule has 0 radical (unpaired) electrons. The van der Waals surface area contributed by atoms with Gasteiger partial charge in [-0.2, -0.15) is 0 Å². The van der Waals surface area contributed by atoms with Gasteiger partial charge in [-0.15, -0.1) is 0 Å². The first kappa shape index (κ1) is 10.1. The second-order valence-corrected chi connectivity index (χ2v) is 3.14. The number of hydrogen-bond donors (Lipinski definition) is 4. The Hall–Kier alpha value is -2.44. The highest BCUT2D eigenvalue weighted by molar-refractivity contribution is 5.94. The molecule has 0 spiro atoms. The number of guanidine groups is 1. The van der Waals surface area contributed by atoms with Crippen LogP contribution in [0.4, 0.5) is 10.1 Å². The van der Waals surface area contributed by atoms with Crippen LogP contribution in [0.25, 0.3) is 10.9 Å². The highest BCUT2D eigenvalue weighted by Crippen LogP contribution is 2.35. The summed E-state index contributed by atoms with van der Waals surface area (Å²) < 4.78 is 12.9. The van der Waals surface area contributed by atoms with Gasteiger partial charge in [0.05, 0.1) is 5.52 Å². The maximum atomic E-state index is 12.9. The minimum Gasteiger partial charge on any atom is -0.493 e. The van der Waals surface area contributed by atoms with Gasteiger partial charge in [0.25, 0.3) is 0 Å². The first-order chi connectivity index (χ1) is 7.58. The van der Waals surface area contributed by atoms with E-state index in [9.17, 15) is 9.50 Å². The largest absolute Gasteiger partial charge is 0.493 e. The van der Waals surface area contributed by atoms with Gasteiger partial charge in [0, 0.05) is 10.5 Å². The standard InChI is InChI=1S/C9H8FN5O/c10-4-1-2-5-6(3-4)13-8(16)7(5)14-15-9(11)12/h1-3,13,16H,(H3,11,12)/p+1. The van der Waals surface area contributed by atoms with Crippen molar-refractivity contribution < 1.29 is 14.9 Å². The molecular formula is C9H9FN5O+. The number of halogens is 1. The molecule has 6 nitrogen and oxygen atoms in total. The van der Waals surface area contributed by atoms with Crippen LogP contribution in [0, 0.1) is 5.82 Å². The molecule has 0 aliphatic rings. The van der Waals surface area contributed by atoms with Crippen LogP contribution < -0.4 is 11.1 Å². The molecule has 1 heterocycles. The van der Waals surface area contributed by atoms with E-state index in [1.54, 1.807) is 0 Å². The van der Waals surface area contributed by atoms with E-state index >= 15 is 0 Å². The second kappa shape index (κ2) is 3.61. The molecule has 0 fully saturated rings. The molecule has 1 aromatic carbocycles. The quantitative estimate of drug-likeness (QED) is 0.313. The molecule has 1 aromatic heterocycles. The maximum Gasteiger partial charge on any atom is 0.403 e. The molecule has 0 atom stereocenters. The van der Waals surface area contributed by atoms with Gasteiger partial charge in [-0.05, 0) is 18.2 Å². The third-order valence-corrected chi connectivity index (χ3v) is 1.98. The third kappa shape index (κ3) is 1.70. The van der Waals surface area contributed by atoms with Crippen molar-refractivity contribution in [1.29, 1.82) is 0 Å². The van der Waals surface area contributed by atoms with Crippen molar-refractivity contribution in [2.75, 3.05) is 0 Å². The number of aromatic hydroxyl groups is 1. The van der Waals surface area contributed by atoms with Gasteiger partial charge in [-0.25, -0.2) is 4.39 Å². The normalized spacial score (nSPS) is 11.3. The fourth-order valence-corrected chi connectivity index (χ4v) is 1.35. The molecule has 82 valence electrons. The van der Waals surface area contributed by atoms with Crippen LogP contribution in [0.3, 0.4) is 0 Å². The maximum absolute atomic E-state index is 12.9. The number of benzene rings is 1. The van der Waals surface area contributed by atoms with Crippen molar-refractivity contribution in [3.63, 3.8) is 0 Å². The van der Waals surface area contributed by atoms with Crippen LogP contribution in [0.2, 0.25) is 0 Å². The molecule has 0 aliphatic carbocycles. The molecule has 0 amide bonds. The number of nitrogens with two attached hydrogens (primary N) is 2. The molecule has 0 saturated carbocycles. The summed E-state index contributed by atoms with van der Waals surface area (Å²) in [4.78, 5) is 2.56. The van der Waals surface area contributed by atoms with Crippen LogP contribution in [0.5, 0.6) is 5.88 Å². The van der Waals surface area contributed by atoms with E-state index in [-0.39, 0.29) is 17.5 Å². The number of nitrogens with one attached hydrogen (secondary N) is 1. The number of H-pyrrole nitrogens is 1. The summed E-state index contributed by atoms with van der Waals surface area (Å²) in [5.74, 6) is -0.858. The molecule has 16 heavy (non-hydrogen) atoms. The number of aromatic nitrogens is 1. The van der Waals surface area contributed by atoms with E-state index in [2.05, 4.69) is 15.2 Å². The van der Waals surface area contributed by atoms with E-state index in [1.165, 1.54) is 18.2 Å². The summed E-state index contributed by atoms with van der Waals surface area (Å²) in [6.07, 6.45) is 0. The van der Waals surface area contributed by atoms with Crippen molar-refractivity contribution in [3.8, 4) is 5.88 Å². The van der Waals surface area contributed by atoms with Crippen molar-refractivity contribution in [3.05, 3.63) is 24.0 Å². The van der Waals surface area contributed by atoms with Gasteiger partial charge in [0.2, 0.25) is 5.88 Å². The Kier molecular flexibility index (Phi) is 2.28. The third-order valence-electron chi connectivity index (χ3n) is 1.98. The van der Waals surface area contributed by atoms with E-state index in [1.807, 2.05) is 0 Å². The molecule has 0 saturated heterocycles. The van der Waals surface area contributed by atoms with Crippen molar-refractivity contribution in [2.24, 2.45) is 16.0 Å².